The predicted molar refractivity (Wildman–Crippen MR) is 67.8 cm³/mol. The number of aliphatic carboxylic acids is 1. The third-order valence-electron chi connectivity index (χ3n) is 3.27. The summed E-state index contributed by atoms with van der Waals surface area (Å²) in [6.45, 7) is 1.18. The number of carboxylic acids is 1. The number of carboxylic acid groups (broad SMARTS) is 1. The Bertz CT molecular complexity index is 580. The monoisotopic (exact) mass is 275 g/mol. The van der Waals surface area contributed by atoms with E-state index < -0.39 is 41.9 Å². The van der Waals surface area contributed by atoms with Gasteiger partial charge in [0.15, 0.2) is 5.78 Å². The van der Waals surface area contributed by atoms with Crippen LogP contribution in [0.2, 0.25) is 0 Å². The van der Waals surface area contributed by atoms with Gasteiger partial charge in [-0.25, -0.2) is 0 Å². The van der Waals surface area contributed by atoms with Crippen LogP contribution in [-0.4, -0.2) is 39.6 Å². The number of hydrogen-bond donors (Lipinski definition) is 1. The number of likely N-dealkylation sites (tertiary alicyclic amines) is 1. The van der Waals surface area contributed by atoms with Gasteiger partial charge >= 0.3 is 5.97 Å². The minimum absolute atomic E-state index is 0.353. The fourth-order valence-electron chi connectivity index (χ4n) is 2.36. The summed E-state index contributed by atoms with van der Waals surface area (Å²) >= 11 is 0. The van der Waals surface area contributed by atoms with Crippen molar-refractivity contribution in [3.05, 3.63) is 35.9 Å². The van der Waals surface area contributed by atoms with Crippen molar-refractivity contribution in [2.75, 3.05) is 0 Å². The van der Waals surface area contributed by atoms with Crippen molar-refractivity contribution in [2.45, 2.75) is 19.4 Å². The number of ketones is 1. The van der Waals surface area contributed by atoms with Gasteiger partial charge in [-0.1, -0.05) is 30.3 Å². The van der Waals surface area contributed by atoms with Gasteiger partial charge in [-0.3, -0.25) is 24.1 Å². The van der Waals surface area contributed by atoms with E-state index in [-0.39, 0.29) is 0 Å². The second kappa shape index (κ2) is 5.24. The zero-order valence-electron chi connectivity index (χ0n) is 10.8. The number of β-lactam (4-membered cyclic amide) rings is 1. The van der Waals surface area contributed by atoms with Gasteiger partial charge < -0.3 is 5.11 Å². The Hall–Kier alpha value is -2.50. The lowest BCUT2D eigenvalue weighted by atomic mass is 9.80. The Morgan fingerprint density at radius 1 is 1.20 bits per heavy atom. The molecule has 0 spiro atoms. The number of rotatable bonds is 4. The van der Waals surface area contributed by atoms with Gasteiger partial charge in [0.1, 0.15) is 6.04 Å². The standard InChI is InChI=1S/C14H13NO5/c1-8(16)15-12(10(14(15)20)7-11(17)18)13(19)9-5-3-2-4-6-9/h2-6,10,12H,7H2,1H3,(H,17,18). The molecule has 1 aliphatic heterocycles. The lowest BCUT2D eigenvalue weighted by Crippen LogP contribution is -2.66. The molecule has 0 saturated carbocycles. The average molecular weight is 275 g/mol. The van der Waals surface area contributed by atoms with Gasteiger partial charge in [-0.15, -0.1) is 0 Å². The van der Waals surface area contributed by atoms with Crippen molar-refractivity contribution in [2.24, 2.45) is 5.92 Å². The van der Waals surface area contributed by atoms with Gasteiger partial charge in [0.25, 0.3) is 0 Å². The molecule has 1 heterocycles. The molecular weight excluding hydrogens is 262 g/mol. The molecule has 0 aromatic heterocycles. The molecule has 1 N–H and O–H groups in total. The van der Waals surface area contributed by atoms with E-state index in [4.69, 9.17) is 5.11 Å². The SMILES string of the molecule is CC(=O)N1C(=O)C(CC(=O)O)C1C(=O)c1ccccc1. The normalized spacial score (nSPS) is 21.2. The van der Waals surface area contributed by atoms with Gasteiger partial charge in [0, 0.05) is 12.5 Å². The molecule has 6 nitrogen and oxygen atoms in total. The molecule has 1 saturated heterocycles. The van der Waals surface area contributed by atoms with E-state index in [0.717, 1.165) is 4.90 Å². The van der Waals surface area contributed by atoms with Gasteiger partial charge in [-0.05, 0) is 0 Å². The highest BCUT2D eigenvalue weighted by Gasteiger charge is 2.53. The molecule has 2 rings (SSSR count). The quantitative estimate of drug-likeness (QED) is 0.645. The van der Waals surface area contributed by atoms with Gasteiger partial charge in [0.05, 0.1) is 12.3 Å². The highest BCUT2D eigenvalue weighted by atomic mass is 16.4. The maximum atomic E-state index is 12.3. The van der Waals surface area contributed by atoms with Crippen LogP contribution in [0.25, 0.3) is 0 Å². The zero-order chi connectivity index (χ0) is 14.9. The molecule has 0 bridgehead atoms. The topological polar surface area (TPSA) is 91.8 Å². The minimum Gasteiger partial charge on any atom is -0.481 e. The van der Waals surface area contributed by atoms with E-state index in [1.807, 2.05) is 0 Å². The number of nitrogens with zero attached hydrogens (tertiary/aromatic N) is 1. The Kier molecular flexibility index (Phi) is 3.65. The molecule has 1 aromatic rings. The summed E-state index contributed by atoms with van der Waals surface area (Å²) in [5.74, 6) is -3.70. The fraction of sp³-hybridized carbons (Fsp3) is 0.286. The third kappa shape index (κ3) is 2.32. The maximum absolute atomic E-state index is 12.3. The molecule has 2 atom stereocenters. The Morgan fingerprint density at radius 2 is 1.80 bits per heavy atom. The molecular formula is C14H13NO5. The van der Waals surface area contributed by atoms with Crippen LogP contribution < -0.4 is 0 Å². The summed E-state index contributed by atoms with van der Waals surface area (Å²) in [6.07, 6.45) is -0.453. The van der Waals surface area contributed by atoms with E-state index in [1.54, 1.807) is 30.3 Å². The van der Waals surface area contributed by atoms with Crippen LogP contribution in [0, 0.1) is 5.92 Å². The molecule has 1 fully saturated rings. The number of carbonyl (C=O) groups excluding carboxylic acids is 3. The highest BCUT2D eigenvalue weighted by Crippen LogP contribution is 2.32. The largest absolute Gasteiger partial charge is 0.481 e. The lowest BCUT2D eigenvalue weighted by Gasteiger charge is -2.43. The molecule has 6 heteroatoms. The van der Waals surface area contributed by atoms with Crippen LogP contribution in [-0.2, 0) is 14.4 Å². The third-order valence-corrected chi connectivity index (χ3v) is 3.27. The number of benzene rings is 1. The highest BCUT2D eigenvalue weighted by molar-refractivity contribution is 6.14. The van der Waals surface area contributed by atoms with Crippen molar-refractivity contribution in [3.8, 4) is 0 Å². The van der Waals surface area contributed by atoms with Crippen LogP contribution in [0.1, 0.15) is 23.7 Å². The van der Waals surface area contributed by atoms with E-state index in [0.29, 0.717) is 5.56 Å². The number of carbonyl (C=O) groups is 4. The van der Waals surface area contributed by atoms with Crippen LogP contribution in [0.15, 0.2) is 30.3 Å². The minimum atomic E-state index is -1.17. The fourth-order valence-corrected chi connectivity index (χ4v) is 2.36. The molecule has 2 amide bonds. The number of Topliss-reactive ketones (excluding diaryl/α,β-unsaturated/α-hetero) is 1. The predicted octanol–water partition coefficient (Wildman–Crippen LogP) is 0.717. The number of hydrogen-bond acceptors (Lipinski definition) is 4. The first-order valence-corrected chi connectivity index (χ1v) is 6.08. The molecule has 0 aliphatic carbocycles. The molecule has 20 heavy (non-hydrogen) atoms. The van der Waals surface area contributed by atoms with E-state index in [2.05, 4.69) is 0 Å². The van der Waals surface area contributed by atoms with Crippen LogP contribution in [0.4, 0.5) is 0 Å². The molecule has 0 radical (unpaired) electrons. The first-order valence-electron chi connectivity index (χ1n) is 6.08. The van der Waals surface area contributed by atoms with Gasteiger partial charge in [0.2, 0.25) is 11.8 Å². The summed E-state index contributed by atoms with van der Waals surface area (Å²) < 4.78 is 0. The second-order valence-electron chi connectivity index (χ2n) is 4.61. The first kappa shape index (κ1) is 13.9. The summed E-state index contributed by atoms with van der Waals surface area (Å²) in [4.78, 5) is 47.1. The Labute approximate surface area is 115 Å². The number of imide groups is 1. The van der Waals surface area contributed by atoms with Crippen LogP contribution in [0.3, 0.4) is 0 Å². The summed E-state index contributed by atoms with van der Waals surface area (Å²) in [6, 6.07) is 7.19. The lowest BCUT2D eigenvalue weighted by molar-refractivity contribution is -0.166. The average Bonchev–Trinajstić information content (AvgIpc) is 2.41. The Morgan fingerprint density at radius 3 is 2.30 bits per heavy atom. The van der Waals surface area contributed by atoms with Crippen molar-refractivity contribution in [1.29, 1.82) is 0 Å². The molecule has 1 aromatic carbocycles. The van der Waals surface area contributed by atoms with Crippen molar-refractivity contribution >= 4 is 23.6 Å². The van der Waals surface area contributed by atoms with Gasteiger partial charge in [-0.2, -0.15) is 0 Å². The van der Waals surface area contributed by atoms with Crippen LogP contribution >= 0.6 is 0 Å². The summed E-state index contributed by atoms with van der Waals surface area (Å²) in [5, 5.41) is 8.79. The smallest absolute Gasteiger partial charge is 0.304 e. The second-order valence-corrected chi connectivity index (χ2v) is 4.61. The van der Waals surface area contributed by atoms with Crippen molar-refractivity contribution < 1.29 is 24.3 Å². The van der Waals surface area contributed by atoms with E-state index >= 15 is 0 Å². The maximum Gasteiger partial charge on any atom is 0.304 e. The Balaban J connectivity index is 2.29. The first-order chi connectivity index (χ1) is 9.43. The summed E-state index contributed by atoms with van der Waals surface area (Å²) in [7, 11) is 0. The van der Waals surface area contributed by atoms with Crippen molar-refractivity contribution in [1.82, 2.24) is 4.90 Å². The molecule has 1 aliphatic rings. The zero-order valence-corrected chi connectivity index (χ0v) is 10.8. The van der Waals surface area contributed by atoms with E-state index in [9.17, 15) is 19.2 Å². The van der Waals surface area contributed by atoms with Crippen LogP contribution in [0.5, 0.6) is 0 Å². The molecule has 2 unspecified atom stereocenters. The summed E-state index contributed by atoms with van der Waals surface area (Å²) in [5.41, 5.74) is 0.353. The molecule has 104 valence electrons. The van der Waals surface area contributed by atoms with Crippen molar-refractivity contribution in [3.63, 3.8) is 0 Å². The number of amides is 2. The van der Waals surface area contributed by atoms with E-state index in [1.165, 1.54) is 6.92 Å².